The molecule has 1 saturated heterocycles. The van der Waals surface area contributed by atoms with Crippen LogP contribution in [0, 0.1) is 0 Å². The third kappa shape index (κ3) is 3.14. The topological polar surface area (TPSA) is 44.8 Å². The van der Waals surface area contributed by atoms with Crippen molar-refractivity contribution in [3.8, 4) is 5.75 Å². The fraction of sp³-hybridized carbons (Fsp3) is 0.562. The van der Waals surface area contributed by atoms with Gasteiger partial charge in [0.1, 0.15) is 12.0 Å². The maximum atomic E-state index is 11.3. The molecule has 21 heavy (non-hydrogen) atoms. The lowest BCUT2D eigenvalue weighted by Gasteiger charge is -2.32. The van der Waals surface area contributed by atoms with Crippen molar-refractivity contribution in [2.45, 2.75) is 52.2 Å². The lowest BCUT2D eigenvalue weighted by Crippen LogP contribution is -2.41. The Kier molecular flexibility index (Phi) is 4.44. The Morgan fingerprint density at radius 2 is 1.81 bits per heavy atom. The number of hydrogen-bond donors (Lipinski definition) is 0. The smallest absolute Gasteiger partial charge is 0.494 e. The highest BCUT2D eigenvalue weighted by atomic mass is 16.7. The van der Waals surface area contributed by atoms with Crippen LogP contribution in [0.1, 0.15) is 51.4 Å². The van der Waals surface area contributed by atoms with E-state index in [1.165, 1.54) is 0 Å². The van der Waals surface area contributed by atoms with Crippen LogP contribution < -0.4 is 10.2 Å². The van der Waals surface area contributed by atoms with Crippen molar-refractivity contribution in [3.63, 3.8) is 0 Å². The molecule has 2 rings (SSSR count). The van der Waals surface area contributed by atoms with Crippen molar-refractivity contribution >= 4 is 18.9 Å². The van der Waals surface area contributed by atoms with E-state index in [2.05, 4.69) is 6.92 Å². The monoisotopic (exact) mass is 290 g/mol. The van der Waals surface area contributed by atoms with Crippen molar-refractivity contribution < 1.29 is 18.8 Å². The maximum Gasteiger partial charge on any atom is 0.495 e. The summed E-state index contributed by atoms with van der Waals surface area (Å²) in [7, 11) is -0.555. The number of aldehydes is 1. The van der Waals surface area contributed by atoms with E-state index in [0.717, 1.165) is 23.9 Å². The standard InChI is InChI=1S/C16H23BO4/c1-6-9-19-13-8-7-12(11-18)14(10-13)17-20-15(2,3)16(4,5)21-17/h7-8,10-11H,6,9H2,1-5H3. The Bertz CT molecular complexity index is 509. The second kappa shape index (κ2) is 5.81. The molecular weight excluding hydrogens is 267 g/mol. The first-order valence-corrected chi connectivity index (χ1v) is 7.38. The van der Waals surface area contributed by atoms with Crippen molar-refractivity contribution in [1.29, 1.82) is 0 Å². The number of benzene rings is 1. The summed E-state index contributed by atoms with van der Waals surface area (Å²) in [5.74, 6) is 0.729. The van der Waals surface area contributed by atoms with Crippen LogP contribution in [0.15, 0.2) is 18.2 Å². The minimum atomic E-state index is -0.555. The van der Waals surface area contributed by atoms with Gasteiger partial charge in [-0.3, -0.25) is 4.79 Å². The molecule has 0 saturated carbocycles. The van der Waals surface area contributed by atoms with E-state index in [1.807, 2.05) is 33.8 Å². The average Bonchev–Trinajstić information content (AvgIpc) is 2.65. The first-order chi connectivity index (χ1) is 9.80. The molecule has 0 aliphatic carbocycles. The summed E-state index contributed by atoms with van der Waals surface area (Å²) in [6.45, 7) is 10.7. The number of carbonyl (C=O) groups excluding carboxylic acids is 1. The molecule has 1 aromatic carbocycles. The maximum absolute atomic E-state index is 11.3. The van der Waals surface area contributed by atoms with Gasteiger partial charge in [0.05, 0.1) is 17.8 Å². The highest BCUT2D eigenvalue weighted by Gasteiger charge is 2.52. The first kappa shape index (κ1) is 16.1. The number of ether oxygens (including phenoxy) is 1. The largest absolute Gasteiger partial charge is 0.495 e. The Balaban J connectivity index is 2.32. The van der Waals surface area contributed by atoms with Crippen molar-refractivity contribution in [2.24, 2.45) is 0 Å². The zero-order valence-corrected chi connectivity index (χ0v) is 13.4. The molecule has 5 heteroatoms. The average molecular weight is 290 g/mol. The second-order valence-electron chi connectivity index (χ2n) is 6.35. The first-order valence-electron chi connectivity index (χ1n) is 7.38. The molecule has 0 radical (unpaired) electrons. The summed E-state index contributed by atoms with van der Waals surface area (Å²) >= 11 is 0. The second-order valence-corrected chi connectivity index (χ2v) is 6.35. The van der Waals surface area contributed by atoms with E-state index in [4.69, 9.17) is 14.0 Å². The zero-order chi connectivity index (χ0) is 15.7. The van der Waals surface area contributed by atoms with Crippen LogP contribution in [-0.2, 0) is 9.31 Å². The number of carbonyl (C=O) groups is 1. The van der Waals surface area contributed by atoms with E-state index in [9.17, 15) is 4.79 Å². The van der Waals surface area contributed by atoms with Gasteiger partial charge in [0.15, 0.2) is 0 Å². The Labute approximate surface area is 126 Å². The summed E-state index contributed by atoms with van der Waals surface area (Å²) in [5.41, 5.74) is 0.422. The Hall–Kier alpha value is -1.33. The van der Waals surface area contributed by atoms with Crippen LogP contribution in [-0.4, -0.2) is 31.2 Å². The van der Waals surface area contributed by atoms with Crippen LogP contribution in [0.25, 0.3) is 0 Å². The zero-order valence-electron chi connectivity index (χ0n) is 13.4. The molecule has 0 aromatic heterocycles. The fourth-order valence-electron chi connectivity index (χ4n) is 2.14. The molecule has 1 aromatic rings. The molecule has 4 nitrogen and oxygen atoms in total. The summed E-state index contributed by atoms with van der Waals surface area (Å²) in [6, 6.07) is 5.38. The normalized spacial score (nSPS) is 19.6. The predicted octanol–water partition coefficient (Wildman–Crippen LogP) is 2.59. The molecular formula is C16H23BO4. The molecule has 0 atom stereocenters. The van der Waals surface area contributed by atoms with Gasteiger partial charge in [-0.25, -0.2) is 0 Å². The van der Waals surface area contributed by atoms with Crippen molar-refractivity contribution in [3.05, 3.63) is 23.8 Å². The van der Waals surface area contributed by atoms with Gasteiger partial charge in [-0.05, 0) is 57.8 Å². The van der Waals surface area contributed by atoms with Gasteiger partial charge >= 0.3 is 7.12 Å². The third-order valence-electron chi connectivity index (χ3n) is 4.17. The molecule has 0 spiro atoms. The van der Waals surface area contributed by atoms with Gasteiger partial charge in [0.25, 0.3) is 0 Å². The quantitative estimate of drug-likeness (QED) is 0.617. The molecule has 1 aliphatic heterocycles. The summed E-state index contributed by atoms with van der Waals surface area (Å²) < 4.78 is 17.7. The Morgan fingerprint density at radius 3 is 2.33 bits per heavy atom. The highest BCUT2D eigenvalue weighted by Crippen LogP contribution is 2.36. The van der Waals surface area contributed by atoms with Gasteiger partial charge in [0, 0.05) is 5.56 Å². The Morgan fingerprint density at radius 1 is 1.19 bits per heavy atom. The van der Waals surface area contributed by atoms with Crippen molar-refractivity contribution in [1.82, 2.24) is 0 Å². The van der Waals surface area contributed by atoms with Gasteiger partial charge in [-0.2, -0.15) is 0 Å². The molecule has 0 bridgehead atoms. The van der Waals surface area contributed by atoms with E-state index in [0.29, 0.717) is 12.2 Å². The molecule has 1 heterocycles. The SMILES string of the molecule is CCCOc1ccc(C=O)c(B2OC(C)(C)C(C)(C)O2)c1. The van der Waals surface area contributed by atoms with Crippen LogP contribution >= 0.6 is 0 Å². The number of rotatable bonds is 5. The van der Waals surface area contributed by atoms with E-state index < -0.39 is 18.3 Å². The minimum absolute atomic E-state index is 0.432. The summed E-state index contributed by atoms with van der Waals surface area (Å²) in [5, 5.41) is 0. The molecule has 0 amide bonds. The number of hydrogen-bond acceptors (Lipinski definition) is 4. The summed E-state index contributed by atoms with van der Waals surface area (Å²) in [6.07, 6.45) is 1.76. The molecule has 0 unspecified atom stereocenters. The fourth-order valence-corrected chi connectivity index (χ4v) is 2.14. The van der Waals surface area contributed by atoms with Gasteiger partial charge in [-0.15, -0.1) is 0 Å². The van der Waals surface area contributed by atoms with Gasteiger partial charge in [0.2, 0.25) is 0 Å². The van der Waals surface area contributed by atoms with Crippen LogP contribution in [0.4, 0.5) is 0 Å². The van der Waals surface area contributed by atoms with Crippen LogP contribution in [0.2, 0.25) is 0 Å². The van der Waals surface area contributed by atoms with Crippen molar-refractivity contribution in [2.75, 3.05) is 6.61 Å². The molecule has 1 fully saturated rings. The summed E-state index contributed by atoms with van der Waals surface area (Å²) in [4.78, 5) is 11.3. The lowest BCUT2D eigenvalue weighted by atomic mass is 9.76. The van der Waals surface area contributed by atoms with Crippen LogP contribution in [0.5, 0.6) is 5.75 Å². The van der Waals surface area contributed by atoms with E-state index >= 15 is 0 Å². The predicted molar refractivity (Wildman–Crippen MR) is 83.3 cm³/mol. The minimum Gasteiger partial charge on any atom is -0.494 e. The van der Waals surface area contributed by atoms with Crippen LogP contribution in [0.3, 0.4) is 0 Å². The molecule has 114 valence electrons. The van der Waals surface area contributed by atoms with Gasteiger partial charge < -0.3 is 14.0 Å². The van der Waals surface area contributed by atoms with Gasteiger partial charge in [-0.1, -0.05) is 6.92 Å². The third-order valence-corrected chi connectivity index (χ3v) is 4.17. The molecule has 1 aliphatic rings. The van der Waals surface area contributed by atoms with E-state index in [-0.39, 0.29) is 0 Å². The molecule has 0 N–H and O–H groups in total. The lowest BCUT2D eigenvalue weighted by molar-refractivity contribution is 0.00578. The highest BCUT2D eigenvalue weighted by molar-refractivity contribution is 6.63. The van der Waals surface area contributed by atoms with E-state index in [1.54, 1.807) is 12.1 Å².